The zero-order valence-electron chi connectivity index (χ0n) is 10.8. The van der Waals surface area contributed by atoms with E-state index in [9.17, 15) is 18.5 Å². The van der Waals surface area contributed by atoms with E-state index in [1.165, 1.54) is 0 Å². The summed E-state index contributed by atoms with van der Waals surface area (Å²) in [6.07, 6.45) is 0.638. The highest BCUT2D eigenvalue weighted by Crippen LogP contribution is 2.26. The molecule has 3 N–H and O–H groups in total. The van der Waals surface area contributed by atoms with E-state index in [1.807, 2.05) is 6.92 Å². The molecule has 1 aromatic heterocycles. The molecule has 2 rings (SSSR count). The van der Waals surface area contributed by atoms with Crippen LogP contribution in [0.25, 0.3) is 0 Å². The van der Waals surface area contributed by atoms with Crippen LogP contribution in [-0.2, 0) is 16.4 Å². The Morgan fingerprint density at radius 3 is 2.67 bits per heavy atom. The Bertz CT molecular complexity index is 786. The van der Waals surface area contributed by atoms with Gasteiger partial charge in [-0.25, -0.2) is 8.42 Å². The Kier molecular flexibility index (Phi) is 4.04. The van der Waals surface area contributed by atoms with E-state index in [4.69, 9.17) is 5.73 Å². The van der Waals surface area contributed by atoms with Crippen molar-refractivity contribution in [2.75, 3.05) is 10.5 Å². The number of non-ortho nitro benzene ring substituents is 1. The first-order valence-electron chi connectivity index (χ1n) is 5.72. The van der Waals surface area contributed by atoms with Crippen molar-refractivity contribution in [3.63, 3.8) is 0 Å². The monoisotopic (exact) mass is 329 g/mol. The van der Waals surface area contributed by atoms with Gasteiger partial charge >= 0.3 is 0 Å². The molecule has 0 aliphatic heterocycles. The number of nitro benzene ring substituents is 1. The first-order chi connectivity index (χ1) is 9.83. The minimum Gasteiger partial charge on any atom is -0.397 e. The summed E-state index contributed by atoms with van der Waals surface area (Å²) in [4.78, 5) is 9.71. The van der Waals surface area contributed by atoms with E-state index in [2.05, 4.69) is 14.9 Å². The number of aryl methyl sites for hydroxylation is 1. The van der Waals surface area contributed by atoms with Crippen LogP contribution in [0.15, 0.2) is 23.1 Å². The van der Waals surface area contributed by atoms with E-state index >= 15 is 0 Å². The Hall–Kier alpha value is -2.27. The minimum absolute atomic E-state index is 0.115. The van der Waals surface area contributed by atoms with E-state index in [-0.39, 0.29) is 21.4 Å². The van der Waals surface area contributed by atoms with Crippen molar-refractivity contribution in [2.24, 2.45) is 0 Å². The summed E-state index contributed by atoms with van der Waals surface area (Å²) in [5, 5.41) is 18.9. The Morgan fingerprint density at radius 2 is 2.14 bits per heavy atom. The maximum absolute atomic E-state index is 12.2. The third-order valence-corrected chi connectivity index (χ3v) is 5.01. The molecule has 0 radical (unpaired) electrons. The van der Waals surface area contributed by atoms with Gasteiger partial charge in [0.05, 0.1) is 10.6 Å². The number of sulfonamides is 1. The first-order valence-corrected chi connectivity index (χ1v) is 8.02. The molecular formula is C10H11N5O4S2. The van der Waals surface area contributed by atoms with Crippen molar-refractivity contribution in [3.8, 4) is 0 Å². The Balaban J connectivity index is 2.33. The SMILES string of the molecule is CCc1nnc(NS(=O)(=O)c2ccc([N+](=O)[O-])cc2N)s1. The molecule has 0 unspecified atom stereocenters. The quantitative estimate of drug-likeness (QED) is 0.479. The number of nitro groups is 1. The number of anilines is 2. The third-order valence-electron chi connectivity index (χ3n) is 2.48. The number of aromatic nitrogens is 2. The lowest BCUT2D eigenvalue weighted by molar-refractivity contribution is -0.384. The van der Waals surface area contributed by atoms with Gasteiger partial charge in [-0.15, -0.1) is 10.2 Å². The molecule has 0 fully saturated rings. The number of nitrogens with zero attached hydrogens (tertiary/aromatic N) is 3. The highest BCUT2D eigenvalue weighted by atomic mass is 32.2. The number of benzene rings is 1. The van der Waals surface area contributed by atoms with E-state index in [1.54, 1.807) is 0 Å². The molecule has 2 aromatic rings. The molecule has 0 spiro atoms. The highest BCUT2D eigenvalue weighted by Gasteiger charge is 2.21. The molecule has 0 aliphatic carbocycles. The van der Waals surface area contributed by atoms with Crippen LogP contribution in [0.3, 0.4) is 0 Å². The molecule has 0 bridgehead atoms. The van der Waals surface area contributed by atoms with Gasteiger partial charge in [-0.05, 0) is 12.5 Å². The Morgan fingerprint density at radius 1 is 1.43 bits per heavy atom. The van der Waals surface area contributed by atoms with Crippen LogP contribution in [0.5, 0.6) is 0 Å². The van der Waals surface area contributed by atoms with Gasteiger partial charge in [0.25, 0.3) is 15.7 Å². The normalized spacial score (nSPS) is 11.3. The van der Waals surface area contributed by atoms with Gasteiger partial charge < -0.3 is 5.73 Å². The van der Waals surface area contributed by atoms with Gasteiger partial charge in [0.15, 0.2) is 0 Å². The molecule has 112 valence electrons. The van der Waals surface area contributed by atoms with Crippen molar-refractivity contribution >= 4 is 37.9 Å². The van der Waals surface area contributed by atoms with Gasteiger partial charge in [-0.2, -0.15) is 0 Å². The molecule has 9 nitrogen and oxygen atoms in total. The second kappa shape index (κ2) is 5.61. The zero-order valence-corrected chi connectivity index (χ0v) is 12.4. The average Bonchev–Trinajstić information content (AvgIpc) is 2.85. The van der Waals surface area contributed by atoms with Gasteiger partial charge in [-0.1, -0.05) is 18.3 Å². The molecule has 0 saturated carbocycles. The van der Waals surface area contributed by atoms with Crippen LogP contribution in [0, 0.1) is 10.1 Å². The molecule has 1 heterocycles. The predicted molar refractivity (Wildman–Crippen MR) is 77.6 cm³/mol. The molecule has 0 saturated heterocycles. The summed E-state index contributed by atoms with van der Waals surface area (Å²) in [5.41, 5.74) is 5.08. The maximum Gasteiger partial charge on any atom is 0.271 e. The van der Waals surface area contributed by atoms with Gasteiger partial charge in [0.2, 0.25) is 5.13 Å². The molecule has 0 amide bonds. The van der Waals surface area contributed by atoms with Crippen LogP contribution < -0.4 is 10.5 Å². The topological polar surface area (TPSA) is 141 Å². The lowest BCUT2D eigenvalue weighted by atomic mass is 10.3. The van der Waals surface area contributed by atoms with Crippen LogP contribution in [0.2, 0.25) is 0 Å². The number of nitrogens with two attached hydrogens (primary N) is 1. The minimum atomic E-state index is -3.97. The third kappa shape index (κ3) is 3.25. The smallest absolute Gasteiger partial charge is 0.271 e. The van der Waals surface area contributed by atoms with Crippen molar-refractivity contribution < 1.29 is 13.3 Å². The molecule has 11 heteroatoms. The Labute approximate surface area is 124 Å². The van der Waals surface area contributed by atoms with Gasteiger partial charge in [-0.3, -0.25) is 14.8 Å². The first kappa shape index (κ1) is 15.1. The molecule has 1 aromatic carbocycles. The molecule has 0 atom stereocenters. The highest BCUT2D eigenvalue weighted by molar-refractivity contribution is 7.93. The summed E-state index contributed by atoms with van der Waals surface area (Å²) in [7, 11) is -3.97. The average molecular weight is 329 g/mol. The van der Waals surface area contributed by atoms with E-state index in [0.717, 1.165) is 29.5 Å². The summed E-state index contributed by atoms with van der Waals surface area (Å²) < 4.78 is 26.6. The summed E-state index contributed by atoms with van der Waals surface area (Å²) in [5.74, 6) is 0. The van der Waals surface area contributed by atoms with Gasteiger partial charge in [0, 0.05) is 12.1 Å². The fourth-order valence-electron chi connectivity index (χ4n) is 1.50. The van der Waals surface area contributed by atoms with Crippen LogP contribution in [0.1, 0.15) is 11.9 Å². The van der Waals surface area contributed by atoms with Crippen LogP contribution in [-0.4, -0.2) is 23.5 Å². The van der Waals surface area contributed by atoms with Crippen molar-refractivity contribution in [2.45, 2.75) is 18.2 Å². The maximum atomic E-state index is 12.2. The fourth-order valence-corrected chi connectivity index (χ4v) is 3.53. The largest absolute Gasteiger partial charge is 0.397 e. The summed E-state index contributed by atoms with van der Waals surface area (Å²) in [6, 6.07) is 3.15. The van der Waals surface area contributed by atoms with Crippen molar-refractivity contribution in [1.29, 1.82) is 0 Å². The van der Waals surface area contributed by atoms with Gasteiger partial charge in [0.1, 0.15) is 9.90 Å². The molecular weight excluding hydrogens is 318 g/mol. The van der Waals surface area contributed by atoms with Crippen molar-refractivity contribution in [3.05, 3.63) is 33.3 Å². The van der Waals surface area contributed by atoms with Crippen LogP contribution >= 0.6 is 11.3 Å². The molecule has 0 aliphatic rings. The number of rotatable bonds is 5. The summed E-state index contributed by atoms with van der Waals surface area (Å²) in [6.45, 7) is 1.87. The number of nitrogens with one attached hydrogen (secondary N) is 1. The predicted octanol–water partition coefficient (Wildman–Crippen LogP) is 1.39. The number of hydrogen-bond donors (Lipinski definition) is 2. The lowest BCUT2D eigenvalue weighted by Gasteiger charge is -2.07. The zero-order chi connectivity index (χ0) is 15.6. The van der Waals surface area contributed by atoms with Crippen molar-refractivity contribution in [1.82, 2.24) is 10.2 Å². The standard InChI is InChI=1S/C10H11N5O4S2/c1-2-9-12-13-10(20-9)14-21(18,19)8-4-3-6(15(16)17)5-7(8)11/h3-5H,2,11H2,1H3,(H,13,14). The second-order valence-corrected chi connectivity index (χ2v) is 6.65. The lowest BCUT2D eigenvalue weighted by Crippen LogP contribution is -2.14. The summed E-state index contributed by atoms with van der Waals surface area (Å²) >= 11 is 1.11. The number of nitrogen functional groups attached to an aromatic ring is 1. The van der Waals surface area contributed by atoms with E-state index < -0.39 is 14.9 Å². The number of hydrogen-bond acceptors (Lipinski definition) is 8. The fraction of sp³-hybridized carbons (Fsp3) is 0.200. The van der Waals surface area contributed by atoms with Crippen LogP contribution in [0.4, 0.5) is 16.5 Å². The second-order valence-electron chi connectivity index (χ2n) is 3.94. The van der Waals surface area contributed by atoms with E-state index in [0.29, 0.717) is 11.4 Å². The molecule has 21 heavy (non-hydrogen) atoms.